The van der Waals surface area contributed by atoms with Crippen molar-refractivity contribution in [3.05, 3.63) is 65.5 Å². The smallest absolute Gasteiger partial charge is 0.210 e. The summed E-state index contributed by atoms with van der Waals surface area (Å²) in [6.45, 7) is 0.0538. The molecule has 0 bridgehead atoms. The molecule has 0 aliphatic rings. The second-order valence-corrected chi connectivity index (χ2v) is 7.45. The molecule has 2 rings (SSSR count). The van der Waals surface area contributed by atoms with Gasteiger partial charge in [0.2, 0.25) is 10.0 Å². The molecule has 0 aliphatic carbocycles. The lowest BCUT2D eigenvalue weighted by atomic mass is 10.2. The molecule has 2 aromatic rings. The zero-order chi connectivity index (χ0) is 16.9. The summed E-state index contributed by atoms with van der Waals surface area (Å²) >= 11 is 1.50. The minimum Gasteiger partial charge on any atom is -0.210 e. The SMILES string of the molecule is O=S(=O)(NCCSCc1ccccc1)c1ccc(F)c(F)c1F. The Kier molecular flexibility index (Phi) is 6.09. The van der Waals surface area contributed by atoms with Crippen molar-refractivity contribution in [3.8, 4) is 0 Å². The maximum atomic E-state index is 13.5. The van der Waals surface area contributed by atoms with Crippen LogP contribution in [0.5, 0.6) is 0 Å². The summed E-state index contributed by atoms with van der Waals surface area (Å²) in [6, 6.07) is 10.9. The molecule has 0 atom stereocenters. The van der Waals surface area contributed by atoms with E-state index in [2.05, 4.69) is 4.72 Å². The number of rotatable bonds is 7. The first kappa shape index (κ1) is 17.8. The Bertz CT molecular complexity index is 768. The Labute approximate surface area is 137 Å². The number of halogens is 3. The maximum Gasteiger partial charge on any atom is 0.243 e. The van der Waals surface area contributed by atoms with E-state index >= 15 is 0 Å². The molecule has 0 unspecified atom stereocenters. The number of thioether (sulfide) groups is 1. The van der Waals surface area contributed by atoms with Gasteiger partial charge in [-0.15, -0.1) is 0 Å². The van der Waals surface area contributed by atoms with Crippen molar-refractivity contribution in [1.82, 2.24) is 4.72 Å². The van der Waals surface area contributed by atoms with Crippen molar-refractivity contribution in [3.63, 3.8) is 0 Å². The lowest BCUT2D eigenvalue weighted by molar-refractivity contribution is 0.431. The highest BCUT2D eigenvalue weighted by Crippen LogP contribution is 2.19. The largest absolute Gasteiger partial charge is 0.243 e. The molecule has 2 aromatic carbocycles. The molecule has 0 aliphatic heterocycles. The standard InChI is InChI=1S/C15H14F3NO2S2/c16-12-6-7-13(15(18)14(12)17)23(20,21)19-8-9-22-10-11-4-2-1-3-5-11/h1-7,19H,8-10H2. The van der Waals surface area contributed by atoms with E-state index in [-0.39, 0.29) is 6.54 Å². The van der Waals surface area contributed by atoms with Crippen LogP contribution in [0.1, 0.15) is 5.56 Å². The summed E-state index contributed by atoms with van der Waals surface area (Å²) in [4.78, 5) is -0.899. The topological polar surface area (TPSA) is 46.2 Å². The average Bonchev–Trinajstić information content (AvgIpc) is 2.53. The van der Waals surface area contributed by atoms with Gasteiger partial charge in [-0.1, -0.05) is 30.3 Å². The van der Waals surface area contributed by atoms with Gasteiger partial charge >= 0.3 is 0 Å². The van der Waals surface area contributed by atoms with Gasteiger partial charge in [0.15, 0.2) is 17.5 Å². The fourth-order valence-corrected chi connectivity index (χ4v) is 3.85. The van der Waals surface area contributed by atoms with Crippen LogP contribution in [0.2, 0.25) is 0 Å². The molecule has 23 heavy (non-hydrogen) atoms. The highest BCUT2D eigenvalue weighted by molar-refractivity contribution is 7.98. The Morgan fingerprint density at radius 1 is 0.957 bits per heavy atom. The van der Waals surface area contributed by atoms with Gasteiger partial charge < -0.3 is 0 Å². The molecule has 0 amide bonds. The fraction of sp³-hybridized carbons (Fsp3) is 0.200. The summed E-state index contributed by atoms with van der Waals surface area (Å²) in [5, 5.41) is 0. The zero-order valence-corrected chi connectivity index (χ0v) is 13.6. The first-order valence-corrected chi connectivity index (χ1v) is 9.30. The lowest BCUT2D eigenvalue weighted by Gasteiger charge is -2.08. The molecule has 0 aromatic heterocycles. The van der Waals surface area contributed by atoms with Crippen LogP contribution in [0, 0.1) is 17.5 Å². The monoisotopic (exact) mass is 361 g/mol. The number of hydrogen-bond donors (Lipinski definition) is 1. The van der Waals surface area contributed by atoms with Crippen LogP contribution < -0.4 is 4.72 Å². The summed E-state index contributed by atoms with van der Waals surface area (Å²) in [6.07, 6.45) is 0. The van der Waals surface area contributed by atoms with Crippen LogP contribution in [0.15, 0.2) is 47.4 Å². The van der Waals surface area contributed by atoms with Crippen LogP contribution in [0.3, 0.4) is 0 Å². The predicted octanol–water partition coefficient (Wildman–Crippen LogP) is 3.32. The third kappa shape index (κ3) is 4.73. The minimum atomic E-state index is -4.22. The van der Waals surface area contributed by atoms with Gasteiger partial charge in [0.25, 0.3) is 0 Å². The molecule has 0 saturated heterocycles. The van der Waals surface area contributed by atoms with Crippen LogP contribution in [0.25, 0.3) is 0 Å². The Balaban J connectivity index is 1.88. The Morgan fingerprint density at radius 3 is 2.35 bits per heavy atom. The third-order valence-electron chi connectivity index (χ3n) is 2.94. The minimum absolute atomic E-state index is 0.0538. The van der Waals surface area contributed by atoms with Gasteiger partial charge in [0.05, 0.1) is 0 Å². The molecular weight excluding hydrogens is 347 g/mol. The molecular formula is C15H14F3NO2S2. The van der Waals surface area contributed by atoms with Gasteiger partial charge in [0.1, 0.15) is 4.90 Å². The Morgan fingerprint density at radius 2 is 1.65 bits per heavy atom. The van der Waals surface area contributed by atoms with Gasteiger partial charge in [-0.25, -0.2) is 26.3 Å². The molecule has 0 saturated carbocycles. The fourth-order valence-electron chi connectivity index (χ4n) is 1.81. The van der Waals surface area contributed by atoms with Crippen molar-refractivity contribution in [1.29, 1.82) is 0 Å². The summed E-state index contributed by atoms with van der Waals surface area (Å²) in [5.74, 6) is -3.78. The van der Waals surface area contributed by atoms with E-state index < -0.39 is 32.4 Å². The van der Waals surface area contributed by atoms with Crippen molar-refractivity contribution in [2.24, 2.45) is 0 Å². The lowest BCUT2D eigenvalue weighted by Crippen LogP contribution is -2.27. The van der Waals surface area contributed by atoms with Gasteiger partial charge in [-0.3, -0.25) is 0 Å². The molecule has 3 nitrogen and oxygen atoms in total. The van der Waals surface area contributed by atoms with Gasteiger partial charge in [0, 0.05) is 18.1 Å². The molecule has 1 N–H and O–H groups in total. The average molecular weight is 361 g/mol. The second kappa shape index (κ2) is 7.85. The summed E-state index contributed by atoms with van der Waals surface area (Å²) in [5.41, 5.74) is 1.10. The van der Waals surface area contributed by atoms with E-state index in [0.717, 1.165) is 5.56 Å². The first-order chi connectivity index (χ1) is 10.9. The number of benzene rings is 2. The van der Waals surface area contributed by atoms with E-state index in [9.17, 15) is 21.6 Å². The van der Waals surface area contributed by atoms with Crippen molar-refractivity contribution < 1.29 is 21.6 Å². The van der Waals surface area contributed by atoms with Crippen LogP contribution in [0.4, 0.5) is 13.2 Å². The molecule has 0 radical (unpaired) electrons. The highest BCUT2D eigenvalue weighted by Gasteiger charge is 2.23. The molecule has 8 heteroatoms. The first-order valence-electron chi connectivity index (χ1n) is 6.66. The van der Waals surface area contributed by atoms with E-state index in [0.29, 0.717) is 23.6 Å². The van der Waals surface area contributed by atoms with E-state index in [4.69, 9.17) is 0 Å². The van der Waals surface area contributed by atoms with Gasteiger partial charge in [-0.2, -0.15) is 11.8 Å². The third-order valence-corrected chi connectivity index (χ3v) is 5.45. The van der Waals surface area contributed by atoms with Crippen molar-refractivity contribution in [2.75, 3.05) is 12.3 Å². The van der Waals surface area contributed by atoms with Crippen molar-refractivity contribution in [2.45, 2.75) is 10.6 Å². The van der Waals surface area contributed by atoms with E-state index in [1.807, 2.05) is 30.3 Å². The Hall–Kier alpha value is -1.51. The van der Waals surface area contributed by atoms with Crippen LogP contribution >= 0.6 is 11.8 Å². The number of sulfonamides is 1. The predicted molar refractivity (Wildman–Crippen MR) is 84.1 cm³/mol. The zero-order valence-electron chi connectivity index (χ0n) is 11.9. The van der Waals surface area contributed by atoms with E-state index in [1.165, 1.54) is 11.8 Å². The summed E-state index contributed by atoms with van der Waals surface area (Å²) in [7, 11) is -4.22. The number of nitrogens with one attached hydrogen (secondary N) is 1. The summed E-state index contributed by atoms with van der Waals surface area (Å²) < 4.78 is 65.4. The quantitative estimate of drug-likeness (QED) is 0.608. The molecule has 0 heterocycles. The van der Waals surface area contributed by atoms with Crippen LogP contribution in [-0.2, 0) is 15.8 Å². The second-order valence-electron chi connectivity index (χ2n) is 4.61. The highest BCUT2D eigenvalue weighted by atomic mass is 32.2. The molecule has 0 fully saturated rings. The normalized spacial score (nSPS) is 11.6. The van der Waals surface area contributed by atoms with Gasteiger partial charge in [-0.05, 0) is 17.7 Å². The van der Waals surface area contributed by atoms with Crippen LogP contribution in [-0.4, -0.2) is 20.7 Å². The maximum absolute atomic E-state index is 13.5. The van der Waals surface area contributed by atoms with E-state index in [1.54, 1.807) is 0 Å². The number of hydrogen-bond acceptors (Lipinski definition) is 3. The van der Waals surface area contributed by atoms with Crippen molar-refractivity contribution >= 4 is 21.8 Å². The molecule has 124 valence electrons. The molecule has 0 spiro atoms.